The molecule has 1 aliphatic rings. The van der Waals surface area contributed by atoms with Gasteiger partial charge in [0.1, 0.15) is 0 Å². The summed E-state index contributed by atoms with van der Waals surface area (Å²) in [7, 11) is 1.91. The van der Waals surface area contributed by atoms with Gasteiger partial charge in [0.05, 0.1) is 11.9 Å². The molecule has 3 rings (SSSR count). The van der Waals surface area contributed by atoms with Crippen molar-refractivity contribution < 1.29 is 0 Å². The Kier molecular flexibility index (Phi) is 5.00. The third kappa shape index (κ3) is 4.04. The number of hydrogen-bond acceptors (Lipinski definition) is 5. The molecule has 0 atom stereocenters. The number of piperidine rings is 1. The molecule has 0 bridgehead atoms. The molecule has 0 unspecified atom stereocenters. The molecule has 0 aliphatic carbocycles. The number of aryl methyl sites for hydroxylation is 1. The zero-order valence-corrected chi connectivity index (χ0v) is 13.2. The summed E-state index contributed by atoms with van der Waals surface area (Å²) < 4.78 is 1.78. The Labute approximate surface area is 131 Å². The summed E-state index contributed by atoms with van der Waals surface area (Å²) >= 11 is 0. The van der Waals surface area contributed by atoms with Gasteiger partial charge in [0.25, 0.3) is 0 Å². The number of anilines is 1. The second kappa shape index (κ2) is 7.35. The highest BCUT2D eigenvalue weighted by molar-refractivity contribution is 5.57. The predicted octanol–water partition coefficient (Wildman–Crippen LogP) is 2.17. The van der Waals surface area contributed by atoms with Gasteiger partial charge in [-0.2, -0.15) is 5.10 Å². The largest absolute Gasteiger partial charge is 0.354 e. The van der Waals surface area contributed by atoms with Crippen molar-refractivity contribution in [1.82, 2.24) is 24.6 Å². The lowest BCUT2D eigenvalue weighted by molar-refractivity contribution is 0.228. The fraction of sp³-hybridized carbons (Fsp3) is 0.562. The number of nitrogens with zero attached hydrogens (tertiary/aromatic N) is 5. The fourth-order valence-corrected chi connectivity index (χ4v) is 2.84. The standard InChI is InChI=1S/C16H24N6/c1-21-13-14(12-19-21)15-6-8-18-16(20-15)17-7-5-11-22-9-3-2-4-10-22/h6,8,12-13H,2-5,7,9-11H2,1H3,(H,17,18,20). The summed E-state index contributed by atoms with van der Waals surface area (Å²) in [5.74, 6) is 0.694. The van der Waals surface area contributed by atoms with Crippen molar-refractivity contribution in [1.29, 1.82) is 0 Å². The van der Waals surface area contributed by atoms with Gasteiger partial charge >= 0.3 is 0 Å². The SMILES string of the molecule is Cn1cc(-c2ccnc(NCCCN3CCCCC3)n2)cn1. The van der Waals surface area contributed by atoms with Gasteiger partial charge in [-0.3, -0.25) is 4.68 Å². The molecular formula is C16H24N6. The number of rotatable bonds is 6. The first-order chi connectivity index (χ1) is 10.8. The molecule has 0 radical (unpaired) electrons. The van der Waals surface area contributed by atoms with Crippen LogP contribution in [0.1, 0.15) is 25.7 Å². The molecule has 0 amide bonds. The summed E-state index contributed by atoms with van der Waals surface area (Å²) in [4.78, 5) is 11.4. The summed E-state index contributed by atoms with van der Waals surface area (Å²) in [5.41, 5.74) is 1.92. The smallest absolute Gasteiger partial charge is 0.223 e. The first kappa shape index (κ1) is 15.0. The minimum Gasteiger partial charge on any atom is -0.354 e. The fourth-order valence-electron chi connectivity index (χ4n) is 2.84. The van der Waals surface area contributed by atoms with Gasteiger partial charge in [-0.25, -0.2) is 9.97 Å². The average Bonchev–Trinajstić information content (AvgIpc) is 3.00. The van der Waals surface area contributed by atoms with Gasteiger partial charge in [0.15, 0.2) is 0 Å². The highest BCUT2D eigenvalue weighted by Gasteiger charge is 2.09. The van der Waals surface area contributed by atoms with Gasteiger partial charge in [-0.15, -0.1) is 0 Å². The molecule has 6 nitrogen and oxygen atoms in total. The van der Waals surface area contributed by atoms with Crippen molar-refractivity contribution in [3.8, 4) is 11.3 Å². The number of aromatic nitrogens is 4. The van der Waals surface area contributed by atoms with Crippen molar-refractivity contribution in [3.05, 3.63) is 24.7 Å². The Morgan fingerprint density at radius 3 is 2.86 bits per heavy atom. The molecule has 118 valence electrons. The molecule has 1 aliphatic heterocycles. The van der Waals surface area contributed by atoms with Crippen molar-refractivity contribution >= 4 is 5.95 Å². The number of hydrogen-bond donors (Lipinski definition) is 1. The van der Waals surface area contributed by atoms with Crippen molar-refractivity contribution in [2.24, 2.45) is 7.05 Å². The average molecular weight is 300 g/mol. The van der Waals surface area contributed by atoms with Crippen LogP contribution in [0.2, 0.25) is 0 Å². The van der Waals surface area contributed by atoms with E-state index in [0.717, 1.165) is 30.8 Å². The third-order valence-electron chi connectivity index (χ3n) is 4.04. The van der Waals surface area contributed by atoms with E-state index in [9.17, 15) is 0 Å². The summed E-state index contributed by atoms with van der Waals surface area (Å²) in [6.45, 7) is 4.59. The zero-order chi connectivity index (χ0) is 15.2. The Bertz CT molecular complexity index is 588. The Balaban J connectivity index is 1.48. The number of likely N-dealkylation sites (tertiary alicyclic amines) is 1. The van der Waals surface area contributed by atoms with E-state index in [4.69, 9.17) is 0 Å². The van der Waals surface area contributed by atoms with E-state index in [-0.39, 0.29) is 0 Å². The normalized spacial score (nSPS) is 15.9. The zero-order valence-electron chi connectivity index (χ0n) is 13.2. The van der Waals surface area contributed by atoms with Crippen LogP contribution < -0.4 is 5.32 Å². The van der Waals surface area contributed by atoms with Gasteiger partial charge in [0, 0.05) is 31.5 Å². The van der Waals surface area contributed by atoms with Crippen LogP contribution in [-0.2, 0) is 7.05 Å². The molecule has 0 spiro atoms. The van der Waals surface area contributed by atoms with E-state index in [1.165, 1.54) is 32.4 Å². The van der Waals surface area contributed by atoms with Gasteiger partial charge < -0.3 is 10.2 Å². The van der Waals surface area contributed by atoms with Crippen LogP contribution in [0.4, 0.5) is 5.95 Å². The monoisotopic (exact) mass is 300 g/mol. The van der Waals surface area contributed by atoms with Crippen LogP contribution in [0.3, 0.4) is 0 Å². The third-order valence-corrected chi connectivity index (χ3v) is 4.04. The maximum absolute atomic E-state index is 4.55. The molecule has 1 fully saturated rings. The lowest BCUT2D eigenvalue weighted by Gasteiger charge is -2.26. The van der Waals surface area contributed by atoms with Crippen LogP contribution in [0.5, 0.6) is 0 Å². The van der Waals surface area contributed by atoms with Gasteiger partial charge in [-0.1, -0.05) is 6.42 Å². The summed E-state index contributed by atoms with van der Waals surface area (Å²) in [6, 6.07) is 1.91. The molecule has 2 aromatic rings. The highest BCUT2D eigenvalue weighted by atomic mass is 15.2. The Morgan fingerprint density at radius 2 is 2.09 bits per heavy atom. The Hall–Kier alpha value is -1.95. The molecular weight excluding hydrogens is 276 g/mol. The predicted molar refractivity (Wildman–Crippen MR) is 87.6 cm³/mol. The van der Waals surface area contributed by atoms with E-state index in [1.807, 2.05) is 25.5 Å². The van der Waals surface area contributed by atoms with Crippen LogP contribution in [-0.4, -0.2) is 50.8 Å². The summed E-state index contributed by atoms with van der Waals surface area (Å²) in [6.07, 6.45) is 10.8. The molecule has 22 heavy (non-hydrogen) atoms. The van der Waals surface area contributed by atoms with Crippen molar-refractivity contribution in [2.75, 3.05) is 31.5 Å². The molecule has 3 heterocycles. The van der Waals surface area contributed by atoms with Gasteiger partial charge in [0.2, 0.25) is 5.95 Å². The molecule has 2 aromatic heterocycles. The lowest BCUT2D eigenvalue weighted by atomic mass is 10.1. The minimum atomic E-state index is 0.694. The van der Waals surface area contributed by atoms with E-state index in [0.29, 0.717) is 5.95 Å². The van der Waals surface area contributed by atoms with E-state index >= 15 is 0 Å². The highest BCUT2D eigenvalue weighted by Crippen LogP contribution is 2.16. The van der Waals surface area contributed by atoms with E-state index < -0.39 is 0 Å². The van der Waals surface area contributed by atoms with Crippen LogP contribution in [0.25, 0.3) is 11.3 Å². The first-order valence-corrected chi connectivity index (χ1v) is 8.09. The maximum atomic E-state index is 4.55. The second-order valence-electron chi connectivity index (χ2n) is 5.85. The van der Waals surface area contributed by atoms with Crippen molar-refractivity contribution in [3.63, 3.8) is 0 Å². The van der Waals surface area contributed by atoms with Gasteiger partial charge in [-0.05, 0) is 45.0 Å². The van der Waals surface area contributed by atoms with Crippen molar-refractivity contribution in [2.45, 2.75) is 25.7 Å². The first-order valence-electron chi connectivity index (χ1n) is 8.09. The molecule has 6 heteroatoms. The molecule has 1 N–H and O–H groups in total. The van der Waals surface area contributed by atoms with Crippen LogP contribution in [0.15, 0.2) is 24.7 Å². The molecule has 1 saturated heterocycles. The lowest BCUT2D eigenvalue weighted by Crippen LogP contribution is -2.31. The molecule has 0 saturated carbocycles. The quantitative estimate of drug-likeness (QED) is 0.829. The maximum Gasteiger partial charge on any atom is 0.223 e. The Morgan fingerprint density at radius 1 is 1.23 bits per heavy atom. The second-order valence-corrected chi connectivity index (χ2v) is 5.85. The van der Waals surface area contributed by atoms with E-state index in [2.05, 4.69) is 25.3 Å². The molecule has 0 aromatic carbocycles. The van der Waals surface area contributed by atoms with Crippen LogP contribution in [0, 0.1) is 0 Å². The van der Waals surface area contributed by atoms with E-state index in [1.54, 1.807) is 10.9 Å². The topological polar surface area (TPSA) is 58.9 Å². The number of nitrogens with one attached hydrogen (secondary N) is 1. The van der Waals surface area contributed by atoms with Crippen LogP contribution >= 0.6 is 0 Å². The minimum absolute atomic E-state index is 0.694. The summed E-state index contributed by atoms with van der Waals surface area (Å²) in [5, 5.41) is 7.51.